The third-order valence-electron chi connectivity index (χ3n) is 3.34. The van der Waals surface area contributed by atoms with Crippen LogP contribution < -0.4 is 10.6 Å². The van der Waals surface area contributed by atoms with Gasteiger partial charge in [-0.05, 0) is 24.1 Å². The van der Waals surface area contributed by atoms with Gasteiger partial charge < -0.3 is 26.0 Å². The summed E-state index contributed by atoms with van der Waals surface area (Å²) in [5.74, 6) is -2.08. The second kappa shape index (κ2) is 14.1. The Morgan fingerprint density at radius 1 is 0.926 bits per heavy atom. The van der Waals surface area contributed by atoms with Crippen molar-refractivity contribution in [3.05, 3.63) is 29.8 Å². The number of rotatable bonds is 11. The van der Waals surface area contributed by atoms with Gasteiger partial charge in [0.25, 0.3) is 0 Å². The molecule has 0 fully saturated rings. The molecule has 0 radical (unpaired) electrons. The third kappa shape index (κ3) is 12.1. The first-order chi connectivity index (χ1) is 12.7. The first kappa shape index (κ1) is 25.0. The van der Waals surface area contributed by atoms with Crippen LogP contribution >= 0.6 is 23.2 Å². The van der Waals surface area contributed by atoms with Crippen LogP contribution in [0.5, 0.6) is 0 Å². The van der Waals surface area contributed by atoms with E-state index in [9.17, 15) is 14.4 Å². The maximum absolute atomic E-state index is 10.7. The minimum atomic E-state index is -1.08. The number of alkyl halides is 2. The molecule has 0 aromatic heterocycles. The Hall–Kier alpha value is -2.03. The number of carboxylic acid groups (broad SMARTS) is 3. The number of carboxylic acids is 3. The van der Waals surface area contributed by atoms with Crippen molar-refractivity contribution in [1.29, 1.82) is 0 Å². The molecule has 1 rings (SSSR count). The zero-order valence-electron chi connectivity index (χ0n) is 14.7. The largest absolute Gasteiger partial charge is 0.481 e. The fourth-order valence-electron chi connectivity index (χ4n) is 1.97. The lowest BCUT2D eigenvalue weighted by atomic mass is 10.1. The normalized spacial score (nSPS) is 11.1. The van der Waals surface area contributed by atoms with Crippen LogP contribution in [-0.2, 0) is 20.8 Å². The summed E-state index contributed by atoms with van der Waals surface area (Å²) in [6, 6.07) is 6.76. The van der Waals surface area contributed by atoms with Crippen LogP contribution in [0.15, 0.2) is 24.3 Å². The summed E-state index contributed by atoms with van der Waals surface area (Å²) in [4.78, 5) is 32.1. The van der Waals surface area contributed by atoms with E-state index in [1.165, 1.54) is 0 Å². The molecule has 0 heterocycles. The molecule has 0 spiro atoms. The first-order valence-corrected chi connectivity index (χ1v) is 9.16. The summed E-state index contributed by atoms with van der Waals surface area (Å²) < 4.78 is 0. The van der Waals surface area contributed by atoms with E-state index in [1.54, 1.807) is 0 Å². The molecular weight excluding hydrogens is 399 g/mol. The van der Waals surface area contributed by atoms with Crippen molar-refractivity contribution in [1.82, 2.24) is 0 Å². The van der Waals surface area contributed by atoms with E-state index in [0.717, 1.165) is 24.3 Å². The van der Waals surface area contributed by atoms with E-state index in [2.05, 4.69) is 4.90 Å². The first-order valence-electron chi connectivity index (χ1n) is 8.09. The van der Waals surface area contributed by atoms with Crippen molar-refractivity contribution >= 4 is 46.8 Å². The summed E-state index contributed by atoms with van der Waals surface area (Å²) in [6.07, 6.45) is -0.273. The Kier molecular flexibility index (Phi) is 13.0. The van der Waals surface area contributed by atoms with Gasteiger partial charge in [-0.2, -0.15) is 0 Å². The second-order valence-corrected chi connectivity index (χ2v) is 6.22. The van der Waals surface area contributed by atoms with Crippen molar-refractivity contribution in [2.75, 3.05) is 29.7 Å². The average Bonchev–Trinajstić information content (AvgIpc) is 2.61. The van der Waals surface area contributed by atoms with E-state index < -0.39 is 23.9 Å². The van der Waals surface area contributed by atoms with Gasteiger partial charge in [-0.1, -0.05) is 12.1 Å². The Labute approximate surface area is 167 Å². The van der Waals surface area contributed by atoms with Gasteiger partial charge in [-0.3, -0.25) is 14.4 Å². The van der Waals surface area contributed by atoms with E-state index in [-0.39, 0.29) is 12.8 Å². The van der Waals surface area contributed by atoms with Crippen molar-refractivity contribution in [2.45, 2.75) is 25.3 Å². The number of nitrogens with two attached hydrogens (primary N) is 1. The number of anilines is 1. The molecule has 8 nitrogen and oxygen atoms in total. The number of hydrogen-bond donors (Lipinski definition) is 4. The van der Waals surface area contributed by atoms with E-state index in [0.29, 0.717) is 18.2 Å². The summed E-state index contributed by atoms with van der Waals surface area (Å²) in [6.45, 7) is 1.45. The molecule has 1 aromatic rings. The minimum absolute atomic E-state index is 0.296. The second-order valence-electron chi connectivity index (χ2n) is 5.47. The summed E-state index contributed by atoms with van der Waals surface area (Å²) in [5.41, 5.74) is 7.42. The van der Waals surface area contributed by atoms with Crippen LogP contribution in [0.25, 0.3) is 0 Å². The Bertz CT molecular complexity index is 578. The predicted molar refractivity (Wildman–Crippen MR) is 104 cm³/mol. The fourth-order valence-corrected chi connectivity index (χ4v) is 2.38. The lowest BCUT2D eigenvalue weighted by molar-refractivity contribution is -0.143. The molecule has 0 aliphatic heterocycles. The molecule has 0 amide bonds. The smallest absolute Gasteiger partial charge is 0.320 e. The van der Waals surface area contributed by atoms with Crippen molar-refractivity contribution in [3.8, 4) is 0 Å². The standard InChI is InChI=1S/C13H18Cl2N2O2.C4H6O4/c14-5-7-17(8-6-15)11-3-1-10(2-4-11)9-12(16)13(18)19;5-3(6)1-2-4(7)8/h1-4,12H,5-9,16H2,(H,18,19);1-2H2,(H,5,6)(H,7,8)/t12-;/m0./s1. The van der Waals surface area contributed by atoms with Crippen LogP contribution in [0, 0.1) is 0 Å². The average molecular weight is 423 g/mol. The number of carbonyl (C=O) groups is 3. The van der Waals surface area contributed by atoms with Crippen molar-refractivity contribution < 1.29 is 29.7 Å². The fraction of sp³-hybridized carbons (Fsp3) is 0.471. The molecule has 0 unspecified atom stereocenters. The van der Waals surface area contributed by atoms with Crippen LogP contribution in [0.4, 0.5) is 5.69 Å². The molecule has 0 bridgehead atoms. The number of nitrogens with zero attached hydrogens (tertiary/aromatic N) is 1. The quantitative estimate of drug-likeness (QED) is 0.395. The van der Waals surface area contributed by atoms with Crippen molar-refractivity contribution in [2.24, 2.45) is 5.73 Å². The molecule has 0 saturated carbocycles. The molecule has 0 aliphatic rings. The maximum atomic E-state index is 10.7. The summed E-state index contributed by atoms with van der Waals surface area (Å²) >= 11 is 11.5. The molecule has 27 heavy (non-hydrogen) atoms. The van der Waals surface area contributed by atoms with Crippen LogP contribution in [-0.4, -0.2) is 64.1 Å². The number of hydrogen-bond acceptors (Lipinski definition) is 5. The molecule has 1 aromatic carbocycles. The van der Waals surface area contributed by atoms with Gasteiger partial charge >= 0.3 is 17.9 Å². The molecule has 5 N–H and O–H groups in total. The SMILES string of the molecule is N[C@@H](Cc1ccc(N(CCCl)CCCl)cc1)C(=O)O.O=C(O)CCC(=O)O. The van der Waals surface area contributed by atoms with Gasteiger partial charge in [0.2, 0.25) is 0 Å². The molecule has 0 aliphatic carbocycles. The monoisotopic (exact) mass is 422 g/mol. The van der Waals surface area contributed by atoms with Gasteiger partial charge in [0.05, 0.1) is 12.8 Å². The Balaban J connectivity index is 0.000000713. The highest BCUT2D eigenvalue weighted by molar-refractivity contribution is 6.18. The molecule has 0 saturated heterocycles. The molecule has 152 valence electrons. The summed E-state index contributed by atoms with van der Waals surface area (Å²) in [5, 5.41) is 24.6. The lowest BCUT2D eigenvalue weighted by Crippen LogP contribution is -2.32. The topological polar surface area (TPSA) is 141 Å². The predicted octanol–water partition coefficient (Wildman–Crippen LogP) is 1.86. The Morgan fingerprint density at radius 3 is 1.70 bits per heavy atom. The van der Waals surface area contributed by atoms with Crippen LogP contribution in [0.2, 0.25) is 0 Å². The van der Waals surface area contributed by atoms with Gasteiger partial charge in [-0.25, -0.2) is 0 Å². The van der Waals surface area contributed by atoms with Gasteiger partial charge in [0, 0.05) is 30.5 Å². The highest BCUT2D eigenvalue weighted by Crippen LogP contribution is 2.16. The Morgan fingerprint density at radius 2 is 1.37 bits per heavy atom. The number of aliphatic carboxylic acids is 3. The van der Waals surface area contributed by atoms with Crippen molar-refractivity contribution in [3.63, 3.8) is 0 Å². The highest BCUT2D eigenvalue weighted by atomic mass is 35.5. The van der Waals surface area contributed by atoms with Gasteiger partial charge in [0.15, 0.2) is 0 Å². The van der Waals surface area contributed by atoms with Crippen LogP contribution in [0.1, 0.15) is 18.4 Å². The van der Waals surface area contributed by atoms with Gasteiger partial charge in [-0.15, -0.1) is 23.2 Å². The molecule has 1 atom stereocenters. The van der Waals surface area contributed by atoms with E-state index >= 15 is 0 Å². The minimum Gasteiger partial charge on any atom is -0.481 e. The molecule has 10 heteroatoms. The lowest BCUT2D eigenvalue weighted by Gasteiger charge is -2.23. The van der Waals surface area contributed by atoms with Gasteiger partial charge in [0.1, 0.15) is 6.04 Å². The van der Waals surface area contributed by atoms with E-state index in [1.807, 2.05) is 24.3 Å². The third-order valence-corrected chi connectivity index (χ3v) is 3.67. The highest BCUT2D eigenvalue weighted by Gasteiger charge is 2.12. The van der Waals surface area contributed by atoms with Crippen LogP contribution in [0.3, 0.4) is 0 Å². The maximum Gasteiger partial charge on any atom is 0.320 e. The number of benzene rings is 1. The van der Waals surface area contributed by atoms with E-state index in [4.69, 9.17) is 44.3 Å². The zero-order chi connectivity index (χ0) is 20.8. The zero-order valence-corrected chi connectivity index (χ0v) is 16.2. The summed E-state index contributed by atoms with van der Waals surface area (Å²) in [7, 11) is 0. The number of halogens is 2. The molecular formula is C17H24Cl2N2O6.